The molecular formula is C24H31N3O3. The van der Waals surface area contributed by atoms with Crippen LogP contribution < -0.4 is 14.8 Å². The minimum absolute atomic E-state index is 0.0426. The molecule has 0 spiro atoms. The van der Waals surface area contributed by atoms with Crippen LogP contribution in [0, 0.1) is 0 Å². The van der Waals surface area contributed by atoms with Crippen LogP contribution in [0.2, 0.25) is 0 Å². The Morgan fingerprint density at radius 2 is 1.80 bits per heavy atom. The number of benzene rings is 2. The zero-order chi connectivity index (χ0) is 21.3. The zero-order valence-electron chi connectivity index (χ0n) is 18.0. The van der Waals surface area contributed by atoms with Gasteiger partial charge in [0.1, 0.15) is 11.5 Å². The Kier molecular flexibility index (Phi) is 7.88. The number of nitrogens with one attached hydrogen (secondary N) is 1. The maximum absolute atomic E-state index is 12.8. The highest BCUT2D eigenvalue weighted by Gasteiger charge is 2.25. The largest absolute Gasteiger partial charge is 0.497 e. The van der Waals surface area contributed by atoms with Gasteiger partial charge in [0, 0.05) is 38.8 Å². The third kappa shape index (κ3) is 5.84. The second-order valence-corrected chi connectivity index (χ2v) is 7.38. The van der Waals surface area contributed by atoms with Crippen molar-refractivity contribution in [2.24, 2.45) is 0 Å². The smallest absolute Gasteiger partial charge is 0.241 e. The Labute approximate surface area is 179 Å². The lowest BCUT2D eigenvalue weighted by atomic mass is 10.2. The molecule has 2 aromatic rings. The summed E-state index contributed by atoms with van der Waals surface area (Å²) in [6, 6.07) is 15.5. The Morgan fingerprint density at radius 3 is 2.47 bits per heavy atom. The molecule has 160 valence electrons. The van der Waals surface area contributed by atoms with Crippen LogP contribution in [0.3, 0.4) is 0 Å². The normalized spacial score (nSPS) is 16.4. The molecular weight excluding hydrogens is 378 g/mol. The van der Waals surface area contributed by atoms with E-state index < -0.39 is 0 Å². The minimum Gasteiger partial charge on any atom is -0.497 e. The number of amides is 1. The lowest BCUT2D eigenvalue weighted by Gasteiger charge is -2.37. The highest BCUT2D eigenvalue weighted by molar-refractivity contribution is 5.96. The lowest BCUT2D eigenvalue weighted by molar-refractivity contribution is -0.121. The number of hydrogen-bond donors (Lipinski definition) is 1. The van der Waals surface area contributed by atoms with Crippen molar-refractivity contribution in [3.8, 4) is 11.5 Å². The van der Waals surface area contributed by atoms with Crippen molar-refractivity contribution in [3.05, 3.63) is 60.2 Å². The number of hydrogen-bond acceptors (Lipinski definition) is 5. The molecule has 1 amide bonds. The lowest BCUT2D eigenvalue weighted by Crippen LogP contribution is -2.52. The highest BCUT2D eigenvalue weighted by Crippen LogP contribution is 2.29. The molecule has 1 heterocycles. The molecule has 0 radical (unpaired) electrons. The van der Waals surface area contributed by atoms with E-state index in [0.717, 1.165) is 32.7 Å². The van der Waals surface area contributed by atoms with Crippen molar-refractivity contribution in [3.63, 3.8) is 0 Å². The van der Waals surface area contributed by atoms with Crippen molar-refractivity contribution in [1.82, 2.24) is 9.80 Å². The van der Waals surface area contributed by atoms with Gasteiger partial charge in [-0.3, -0.25) is 14.6 Å². The molecule has 3 rings (SSSR count). The van der Waals surface area contributed by atoms with Crippen LogP contribution in [-0.2, 0) is 4.79 Å². The SMILES string of the molecule is COc1ccc(OC)c(NC(=O)[C@H](C)N2CCN(C/C=C/c3ccccc3)CC2)c1. The average molecular weight is 410 g/mol. The molecule has 0 unspecified atom stereocenters. The molecule has 0 aliphatic carbocycles. The van der Waals surface area contributed by atoms with Crippen LogP contribution in [0.1, 0.15) is 12.5 Å². The molecule has 0 aromatic heterocycles. The van der Waals surface area contributed by atoms with Crippen LogP contribution in [-0.4, -0.2) is 68.7 Å². The highest BCUT2D eigenvalue weighted by atomic mass is 16.5. The van der Waals surface area contributed by atoms with E-state index in [1.54, 1.807) is 26.4 Å². The summed E-state index contributed by atoms with van der Waals surface area (Å²) in [6.45, 7) is 6.49. The van der Waals surface area contributed by atoms with Gasteiger partial charge in [-0.05, 0) is 24.6 Å². The van der Waals surface area contributed by atoms with Crippen molar-refractivity contribution in [2.75, 3.05) is 52.3 Å². The number of methoxy groups -OCH3 is 2. The van der Waals surface area contributed by atoms with Gasteiger partial charge in [0.25, 0.3) is 0 Å². The van der Waals surface area contributed by atoms with E-state index in [1.165, 1.54) is 5.56 Å². The molecule has 6 nitrogen and oxygen atoms in total. The summed E-state index contributed by atoms with van der Waals surface area (Å²) in [6.07, 6.45) is 4.36. The summed E-state index contributed by atoms with van der Waals surface area (Å²) < 4.78 is 10.6. The number of ether oxygens (including phenoxy) is 2. The van der Waals surface area contributed by atoms with E-state index in [0.29, 0.717) is 17.2 Å². The summed E-state index contributed by atoms with van der Waals surface area (Å²) in [5.41, 5.74) is 1.84. The summed E-state index contributed by atoms with van der Waals surface area (Å²) in [4.78, 5) is 17.4. The molecule has 1 saturated heterocycles. The Bertz CT molecular complexity index is 846. The predicted molar refractivity (Wildman–Crippen MR) is 121 cm³/mol. The third-order valence-corrected chi connectivity index (χ3v) is 5.47. The molecule has 1 atom stereocenters. The summed E-state index contributed by atoms with van der Waals surface area (Å²) in [7, 11) is 3.19. The monoisotopic (exact) mass is 409 g/mol. The number of carbonyl (C=O) groups is 1. The average Bonchev–Trinajstić information content (AvgIpc) is 2.79. The van der Waals surface area contributed by atoms with Gasteiger partial charge in [0.05, 0.1) is 25.9 Å². The number of carbonyl (C=O) groups excluding carboxylic acids is 1. The third-order valence-electron chi connectivity index (χ3n) is 5.47. The molecule has 0 saturated carbocycles. The second kappa shape index (κ2) is 10.8. The number of piperazine rings is 1. The van der Waals surface area contributed by atoms with E-state index in [9.17, 15) is 4.79 Å². The van der Waals surface area contributed by atoms with Gasteiger partial charge < -0.3 is 14.8 Å². The Balaban J connectivity index is 1.49. The van der Waals surface area contributed by atoms with Crippen LogP contribution in [0.4, 0.5) is 5.69 Å². The molecule has 1 aliphatic rings. The van der Waals surface area contributed by atoms with Crippen molar-refractivity contribution in [2.45, 2.75) is 13.0 Å². The fourth-order valence-corrected chi connectivity index (χ4v) is 3.55. The van der Waals surface area contributed by atoms with Crippen molar-refractivity contribution in [1.29, 1.82) is 0 Å². The van der Waals surface area contributed by atoms with Gasteiger partial charge in [-0.25, -0.2) is 0 Å². The van der Waals surface area contributed by atoms with Crippen LogP contribution in [0.15, 0.2) is 54.6 Å². The van der Waals surface area contributed by atoms with Gasteiger partial charge in [0.15, 0.2) is 0 Å². The number of rotatable bonds is 8. The van der Waals surface area contributed by atoms with E-state index in [4.69, 9.17) is 9.47 Å². The van der Waals surface area contributed by atoms with E-state index >= 15 is 0 Å². The first-order valence-corrected chi connectivity index (χ1v) is 10.3. The van der Waals surface area contributed by atoms with Gasteiger partial charge in [-0.1, -0.05) is 42.5 Å². The minimum atomic E-state index is -0.220. The molecule has 1 fully saturated rings. The van der Waals surface area contributed by atoms with Crippen molar-refractivity contribution < 1.29 is 14.3 Å². The molecule has 1 aliphatic heterocycles. The molecule has 0 bridgehead atoms. The molecule has 30 heavy (non-hydrogen) atoms. The second-order valence-electron chi connectivity index (χ2n) is 7.38. The maximum Gasteiger partial charge on any atom is 0.241 e. The molecule has 6 heteroatoms. The number of nitrogens with zero attached hydrogens (tertiary/aromatic N) is 2. The van der Waals surface area contributed by atoms with Gasteiger partial charge in [0.2, 0.25) is 5.91 Å². The summed E-state index contributed by atoms with van der Waals surface area (Å²) in [5, 5.41) is 2.99. The van der Waals surface area contributed by atoms with Crippen LogP contribution in [0.25, 0.3) is 6.08 Å². The van der Waals surface area contributed by atoms with Gasteiger partial charge in [-0.2, -0.15) is 0 Å². The fraction of sp³-hybridized carbons (Fsp3) is 0.375. The summed E-state index contributed by atoms with van der Waals surface area (Å²) >= 11 is 0. The Hall–Kier alpha value is -2.83. The van der Waals surface area contributed by atoms with E-state index in [1.807, 2.05) is 31.2 Å². The number of anilines is 1. The van der Waals surface area contributed by atoms with E-state index in [2.05, 4.69) is 39.4 Å². The van der Waals surface area contributed by atoms with Gasteiger partial charge >= 0.3 is 0 Å². The summed E-state index contributed by atoms with van der Waals surface area (Å²) in [5.74, 6) is 1.25. The zero-order valence-corrected chi connectivity index (χ0v) is 18.0. The quantitative estimate of drug-likeness (QED) is 0.725. The molecule has 1 N–H and O–H groups in total. The molecule has 2 aromatic carbocycles. The van der Waals surface area contributed by atoms with Crippen molar-refractivity contribution >= 4 is 17.7 Å². The standard InChI is InChI=1S/C24H31N3O3/c1-19(24(28)25-22-18-21(29-2)11-12-23(22)30-3)27-16-14-26(15-17-27)13-7-10-20-8-5-4-6-9-20/h4-12,18-19H,13-17H2,1-3H3,(H,25,28)/b10-7+/t19-/m0/s1. The maximum atomic E-state index is 12.8. The first-order valence-electron chi connectivity index (χ1n) is 10.3. The fourth-order valence-electron chi connectivity index (χ4n) is 3.55. The van der Waals surface area contributed by atoms with E-state index in [-0.39, 0.29) is 11.9 Å². The van der Waals surface area contributed by atoms with Crippen LogP contribution in [0.5, 0.6) is 11.5 Å². The first kappa shape index (κ1) is 21.9. The van der Waals surface area contributed by atoms with Crippen LogP contribution >= 0.6 is 0 Å². The first-order chi connectivity index (χ1) is 14.6. The topological polar surface area (TPSA) is 54.0 Å². The Morgan fingerprint density at radius 1 is 1.07 bits per heavy atom. The predicted octanol–water partition coefficient (Wildman–Crippen LogP) is 3.36. The van der Waals surface area contributed by atoms with Gasteiger partial charge in [-0.15, -0.1) is 0 Å².